The summed E-state index contributed by atoms with van der Waals surface area (Å²) in [5.74, 6) is -1.47. The number of imide groups is 3. The molecule has 2 N–H and O–H groups in total. The average molecular weight is 323 g/mol. The Bertz CT molecular complexity index is 777. The van der Waals surface area contributed by atoms with Crippen LogP contribution in [0.3, 0.4) is 0 Å². The maximum atomic E-state index is 11.5. The molecule has 1 aliphatic heterocycles. The van der Waals surface area contributed by atoms with E-state index in [9.17, 15) is 14.4 Å². The van der Waals surface area contributed by atoms with Gasteiger partial charge >= 0.3 is 6.03 Å². The molecule has 0 fully saturated rings. The van der Waals surface area contributed by atoms with Gasteiger partial charge in [-0.2, -0.15) is 10.2 Å². The van der Waals surface area contributed by atoms with Crippen molar-refractivity contribution in [3.05, 3.63) is 71.3 Å². The van der Waals surface area contributed by atoms with E-state index in [1.54, 1.807) is 12.1 Å². The molecule has 24 heavy (non-hydrogen) atoms. The van der Waals surface area contributed by atoms with Gasteiger partial charge in [-0.1, -0.05) is 42.5 Å². The Morgan fingerprint density at radius 2 is 1.50 bits per heavy atom. The number of hydroxylamine groups is 1. The van der Waals surface area contributed by atoms with Gasteiger partial charge in [0.1, 0.15) is 0 Å². The van der Waals surface area contributed by atoms with Gasteiger partial charge in [-0.05, 0) is 17.7 Å². The van der Waals surface area contributed by atoms with Gasteiger partial charge in [0, 0.05) is 0 Å². The minimum atomic E-state index is -1.15. The van der Waals surface area contributed by atoms with Gasteiger partial charge in [0.25, 0.3) is 11.8 Å². The molecule has 0 aliphatic carbocycles. The molecule has 0 radical (unpaired) electrons. The van der Waals surface area contributed by atoms with E-state index >= 15 is 0 Å². The van der Waals surface area contributed by atoms with Crippen molar-refractivity contribution in [3.8, 4) is 6.07 Å². The molecule has 0 atom stereocenters. The van der Waals surface area contributed by atoms with E-state index in [4.69, 9.17) is 10.5 Å². The SMILES string of the molecule is N#CCc1ccccc1.O=C(NO)N1C(=O)c2ccccc2C1=O. The van der Waals surface area contributed by atoms with Crippen molar-refractivity contribution < 1.29 is 19.6 Å². The van der Waals surface area contributed by atoms with Crippen molar-refractivity contribution in [2.75, 3.05) is 0 Å². The van der Waals surface area contributed by atoms with Gasteiger partial charge < -0.3 is 0 Å². The quantitative estimate of drug-likeness (QED) is 0.474. The Morgan fingerprint density at radius 1 is 1.00 bits per heavy atom. The van der Waals surface area contributed by atoms with E-state index in [-0.39, 0.29) is 11.1 Å². The summed E-state index contributed by atoms with van der Waals surface area (Å²) in [5, 5.41) is 16.6. The number of rotatable bonds is 1. The Balaban J connectivity index is 0.000000198. The number of hydrogen-bond acceptors (Lipinski definition) is 5. The fourth-order valence-electron chi connectivity index (χ4n) is 2.11. The fourth-order valence-corrected chi connectivity index (χ4v) is 2.11. The first kappa shape index (κ1) is 16.9. The fraction of sp³-hybridized carbons (Fsp3) is 0.0588. The lowest BCUT2D eigenvalue weighted by atomic mass is 10.1. The molecule has 120 valence electrons. The molecule has 2 aromatic rings. The third-order valence-electron chi connectivity index (χ3n) is 3.22. The van der Waals surface area contributed by atoms with E-state index in [0.717, 1.165) is 5.56 Å². The van der Waals surface area contributed by atoms with E-state index in [1.807, 2.05) is 30.3 Å². The molecule has 1 heterocycles. The van der Waals surface area contributed by atoms with Crippen LogP contribution in [0.2, 0.25) is 0 Å². The second-order valence-electron chi connectivity index (χ2n) is 4.73. The number of carbonyl (C=O) groups excluding carboxylic acids is 3. The second-order valence-corrected chi connectivity index (χ2v) is 4.73. The topological polar surface area (TPSA) is 110 Å². The number of nitriles is 1. The Morgan fingerprint density at radius 3 is 1.96 bits per heavy atom. The molecule has 0 unspecified atom stereocenters. The van der Waals surface area contributed by atoms with Crippen LogP contribution in [0, 0.1) is 11.3 Å². The summed E-state index contributed by atoms with van der Waals surface area (Å²) in [4.78, 5) is 34.5. The van der Waals surface area contributed by atoms with Crippen molar-refractivity contribution in [3.63, 3.8) is 0 Å². The molecular formula is C17H13N3O4. The first-order valence-electron chi connectivity index (χ1n) is 6.93. The van der Waals surface area contributed by atoms with Crippen LogP contribution in [-0.4, -0.2) is 28.0 Å². The van der Waals surface area contributed by atoms with Gasteiger partial charge in [-0.15, -0.1) is 0 Å². The summed E-state index contributed by atoms with van der Waals surface area (Å²) in [6, 6.07) is 16.7. The minimum absolute atomic E-state index is 0.158. The summed E-state index contributed by atoms with van der Waals surface area (Å²) in [5.41, 5.74) is 2.65. The van der Waals surface area contributed by atoms with Gasteiger partial charge in [-0.25, -0.2) is 10.3 Å². The number of carbonyl (C=O) groups is 3. The molecule has 0 bridgehead atoms. The van der Waals surface area contributed by atoms with Crippen LogP contribution >= 0.6 is 0 Å². The summed E-state index contributed by atoms with van der Waals surface area (Å²) in [7, 11) is 0. The normalized spacial score (nSPS) is 11.9. The maximum Gasteiger partial charge on any atom is 0.355 e. The van der Waals surface area contributed by atoms with Gasteiger partial charge in [0.15, 0.2) is 0 Å². The first-order chi connectivity index (χ1) is 11.6. The van der Waals surface area contributed by atoms with Crippen molar-refractivity contribution in [2.45, 2.75) is 6.42 Å². The van der Waals surface area contributed by atoms with Crippen LogP contribution in [0.15, 0.2) is 54.6 Å². The molecular weight excluding hydrogens is 310 g/mol. The zero-order valence-electron chi connectivity index (χ0n) is 12.5. The minimum Gasteiger partial charge on any atom is -0.287 e. The maximum absolute atomic E-state index is 11.5. The van der Waals surface area contributed by atoms with Crippen LogP contribution in [0.1, 0.15) is 26.3 Å². The monoisotopic (exact) mass is 323 g/mol. The summed E-state index contributed by atoms with van der Waals surface area (Å²) in [6.45, 7) is 0. The summed E-state index contributed by atoms with van der Waals surface area (Å²) in [6.07, 6.45) is 0.515. The standard InChI is InChI=1S/C9H6N2O4.C8H7N/c12-7-5-3-1-2-4-6(5)8(13)11(7)9(14)10-15;9-7-6-8-4-2-1-3-5-8/h1-4,15H,(H,10,14);1-5H,6H2. The number of amides is 4. The first-order valence-corrected chi connectivity index (χ1v) is 6.93. The van der Waals surface area contributed by atoms with Crippen LogP contribution in [-0.2, 0) is 6.42 Å². The third-order valence-corrected chi connectivity index (χ3v) is 3.22. The van der Waals surface area contributed by atoms with Gasteiger partial charge in [0.2, 0.25) is 0 Å². The highest BCUT2D eigenvalue weighted by Crippen LogP contribution is 2.22. The predicted octanol–water partition coefficient (Wildman–Crippen LogP) is 2.13. The van der Waals surface area contributed by atoms with Gasteiger partial charge in [-0.3, -0.25) is 14.8 Å². The second kappa shape index (κ2) is 7.67. The lowest BCUT2D eigenvalue weighted by molar-refractivity contribution is 0.0651. The lowest BCUT2D eigenvalue weighted by Gasteiger charge is -2.08. The van der Waals surface area contributed by atoms with Crippen molar-refractivity contribution in [1.82, 2.24) is 10.4 Å². The van der Waals surface area contributed by atoms with E-state index < -0.39 is 17.8 Å². The van der Waals surface area contributed by atoms with Crippen LogP contribution in [0.4, 0.5) is 4.79 Å². The largest absolute Gasteiger partial charge is 0.355 e. The van der Waals surface area contributed by atoms with Crippen molar-refractivity contribution >= 4 is 17.8 Å². The van der Waals surface area contributed by atoms with Gasteiger partial charge in [0.05, 0.1) is 23.6 Å². The number of urea groups is 1. The molecule has 0 spiro atoms. The molecule has 2 aromatic carbocycles. The Kier molecular flexibility index (Phi) is 5.39. The van der Waals surface area contributed by atoms with Crippen LogP contribution in [0.25, 0.3) is 0 Å². The highest BCUT2D eigenvalue weighted by atomic mass is 16.5. The van der Waals surface area contributed by atoms with E-state index in [1.165, 1.54) is 17.6 Å². The zero-order valence-corrected chi connectivity index (χ0v) is 12.5. The van der Waals surface area contributed by atoms with Crippen molar-refractivity contribution in [1.29, 1.82) is 5.26 Å². The highest BCUT2D eigenvalue weighted by Gasteiger charge is 2.39. The smallest absolute Gasteiger partial charge is 0.287 e. The number of nitrogens with zero attached hydrogens (tertiary/aromatic N) is 2. The number of nitrogens with one attached hydrogen (secondary N) is 1. The lowest BCUT2D eigenvalue weighted by Crippen LogP contribution is -2.42. The summed E-state index contributed by atoms with van der Waals surface area (Å²) < 4.78 is 0. The number of benzene rings is 2. The van der Waals surface area contributed by atoms with Crippen LogP contribution < -0.4 is 5.48 Å². The Labute approximate surface area is 137 Å². The third kappa shape index (κ3) is 3.45. The average Bonchev–Trinajstić information content (AvgIpc) is 2.88. The van der Waals surface area contributed by atoms with Crippen molar-refractivity contribution in [2.24, 2.45) is 0 Å². The molecule has 1 aliphatic rings. The zero-order chi connectivity index (χ0) is 17.5. The molecule has 4 amide bonds. The summed E-state index contributed by atoms with van der Waals surface area (Å²) >= 11 is 0. The Hall–Kier alpha value is -3.50. The van der Waals surface area contributed by atoms with E-state index in [2.05, 4.69) is 6.07 Å². The molecule has 0 saturated carbocycles. The van der Waals surface area contributed by atoms with Crippen LogP contribution in [0.5, 0.6) is 0 Å². The number of hydrogen-bond donors (Lipinski definition) is 2. The highest BCUT2D eigenvalue weighted by molar-refractivity contribution is 6.28. The predicted molar refractivity (Wildman–Crippen MR) is 83.0 cm³/mol. The molecule has 7 nitrogen and oxygen atoms in total. The molecule has 7 heteroatoms. The molecule has 0 saturated heterocycles. The number of fused-ring (bicyclic) bond motifs is 1. The molecule has 0 aromatic heterocycles. The molecule has 3 rings (SSSR count). The van der Waals surface area contributed by atoms with E-state index in [0.29, 0.717) is 11.3 Å².